The molecule has 2 atom stereocenters. The molecule has 0 amide bonds. The van der Waals surface area contributed by atoms with E-state index in [0.29, 0.717) is 6.17 Å². The molecule has 2 rings (SSSR count). The standard InChI is InChI=1S/C14H26N2/c1-11-3-6-13(7-4-11)10-16-14-8-5-12(2)9-15-14/h10-15H,3-9H2,1-2H3. The Labute approximate surface area is 99.9 Å². The third-order valence-electron chi connectivity index (χ3n) is 4.17. The lowest BCUT2D eigenvalue weighted by Crippen LogP contribution is -2.37. The Morgan fingerprint density at radius 3 is 2.25 bits per heavy atom. The van der Waals surface area contributed by atoms with Gasteiger partial charge in [0.1, 0.15) is 0 Å². The quantitative estimate of drug-likeness (QED) is 0.713. The highest BCUT2D eigenvalue weighted by atomic mass is 15.1. The molecule has 92 valence electrons. The van der Waals surface area contributed by atoms with E-state index >= 15 is 0 Å². The van der Waals surface area contributed by atoms with Crippen molar-refractivity contribution in [2.45, 2.75) is 58.5 Å². The molecule has 1 aliphatic carbocycles. The van der Waals surface area contributed by atoms with Gasteiger partial charge in [-0.05, 0) is 50.0 Å². The van der Waals surface area contributed by atoms with Crippen molar-refractivity contribution in [3.05, 3.63) is 0 Å². The molecule has 0 aromatic rings. The van der Waals surface area contributed by atoms with Gasteiger partial charge in [-0.3, -0.25) is 10.3 Å². The highest BCUT2D eigenvalue weighted by Crippen LogP contribution is 2.27. The minimum absolute atomic E-state index is 0.413. The summed E-state index contributed by atoms with van der Waals surface area (Å²) < 4.78 is 0. The van der Waals surface area contributed by atoms with Gasteiger partial charge in [0, 0.05) is 6.21 Å². The van der Waals surface area contributed by atoms with Gasteiger partial charge in [-0.15, -0.1) is 0 Å². The first-order chi connectivity index (χ1) is 7.74. The Bertz CT molecular complexity index is 197. The number of rotatable bonds is 2. The Balaban J connectivity index is 1.72. The summed E-state index contributed by atoms with van der Waals surface area (Å²) in [6, 6.07) is 0. The highest BCUT2D eigenvalue weighted by Gasteiger charge is 2.18. The van der Waals surface area contributed by atoms with Gasteiger partial charge in [-0.1, -0.05) is 26.7 Å². The Kier molecular flexibility index (Phi) is 4.39. The maximum absolute atomic E-state index is 4.73. The predicted octanol–water partition coefficient (Wildman–Crippen LogP) is 3.23. The van der Waals surface area contributed by atoms with E-state index in [9.17, 15) is 0 Å². The Morgan fingerprint density at radius 2 is 1.62 bits per heavy atom. The van der Waals surface area contributed by atoms with Gasteiger partial charge in [0.25, 0.3) is 0 Å². The average Bonchev–Trinajstić information content (AvgIpc) is 2.30. The zero-order valence-corrected chi connectivity index (χ0v) is 10.8. The predicted molar refractivity (Wildman–Crippen MR) is 69.8 cm³/mol. The van der Waals surface area contributed by atoms with Crippen LogP contribution in [0.5, 0.6) is 0 Å². The van der Waals surface area contributed by atoms with Crippen molar-refractivity contribution in [2.24, 2.45) is 22.7 Å². The molecule has 1 heterocycles. The summed E-state index contributed by atoms with van der Waals surface area (Å²) in [6.45, 7) is 5.83. The average molecular weight is 222 g/mol. The van der Waals surface area contributed by atoms with Crippen LogP contribution in [-0.4, -0.2) is 18.9 Å². The molecular formula is C14H26N2. The van der Waals surface area contributed by atoms with Gasteiger partial charge in [-0.25, -0.2) is 0 Å². The van der Waals surface area contributed by atoms with Crippen molar-refractivity contribution in [1.82, 2.24) is 5.32 Å². The summed E-state index contributed by atoms with van der Waals surface area (Å²) in [5.74, 6) is 2.54. The molecule has 2 heteroatoms. The molecule has 2 nitrogen and oxygen atoms in total. The van der Waals surface area contributed by atoms with E-state index in [4.69, 9.17) is 4.99 Å². The molecule has 16 heavy (non-hydrogen) atoms. The first-order valence-electron chi connectivity index (χ1n) is 7.00. The second-order valence-electron chi connectivity index (χ2n) is 5.92. The van der Waals surface area contributed by atoms with Crippen LogP contribution in [0.25, 0.3) is 0 Å². The van der Waals surface area contributed by atoms with Crippen LogP contribution in [0.15, 0.2) is 4.99 Å². The van der Waals surface area contributed by atoms with Gasteiger partial charge in [0.15, 0.2) is 0 Å². The fourth-order valence-electron chi connectivity index (χ4n) is 2.77. The fraction of sp³-hybridized carbons (Fsp3) is 0.929. The molecule has 2 fully saturated rings. The van der Waals surface area contributed by atoms with E-state index in [-0.39, 0.29) is 0 Å². The van der Waals surface area contributed by atoms with Crippen LogP contribution in [0, 0.1) is 17.8 Å². The Hall–Kier alpha value is -0.370. The molecule has 1 saturated heterocycles. The van der Waals surface area contributed by atoms with Gasteiger partial charge in [0.05, 0.1) is 6.17 Å². The smallest absolute Gasteiger partial charge is 0.0990 e. The summed E-state index contributed by atoms with van der Waals surface area (Å²) in [5, 5.41) is 3.52. The van der Waals surface area contributed by atoms with E-state index in [1.807, 2.05) is 0 Å². The summed E-state index contributed by atoms with van der Waals surface area (Å²) in [6.07, 6.45) is 10.7. The largest absolute Gasteiger partial charge is 0.296 e. The van der Waals surface area contributed by atoms with Crippen LogP contribution in [0.4, 0.5) is 0 Å². The third kappa shape index (κ3) is 3.58. The zero-order chi connectivity index (χ0) is 11.4. The van der Waals surface area contributed by atoms with Gasteiger partial charge >= 0.3 is 0 Å². The van der Waals surface area contributed by atoms with E-state index in [1.54, 1.807) is 0 Å². The van der Waals surface area contributed by atoms with Crippen molar-refractivity contribution >= 4 is 6.21 Å². The molecule has 0 radical (unpaired) electrons. The first kappa shape index (κ1) is 12.1. The summed E-state index contributed by atoms with van der Waals surface area (Å²) in [4.78, 5) is 4.73. The van der Waals surface area contributed by atoms with Crippen molar-refractivity contribution in [1.29, 1.82) is 0 Å². The maximum Gasteiger partial charge on any atom is 0.0990 e. The molecule has 1 N–H and O–H groups in total. The van der Waals surface area contributed by atoms with E-state index in [0.717, 1.165) is 24.3 Å². The number of aliphatic imine (C=N–C) groups is 1. The molecule has 0 bridgehead atoms. The number of nitrogens with one attached hydrogen (secondary N) is 1. The molecular weight excluding hydrogens is 196 g/mol. The maximum atomic E-state index is 4.73. The van der Waals surface area contributed by atoms with Gasteiger partial charge in [0.2, 0.25) is 0 Å². The normalized spacial score (nSPS) is 41.4. The van der Waals surface area contributed by atoms with Crippen LogP contribution >= 0.6 is 0 Å². The Morgan fingerprint density at radius 1 is 0.938 bits per heavy atom. The molecule has 1 aliphatic heterocycles. The van der Waals surface area contributed by atoms with Gasteiger partial charge < -0.3 is 0 Å². The van der Waals surface area contributed by atoms with Crippen LogP contribution in [0.2, 0.25) is 0 Å². The molecule has 2 unspecified atom stereocenters. The minimum atomic E-state index is 0.413. The van der Waals surface area contributed by atoms with E-state index in [1.165, 1.54) is 38.5 Å². The minimum Gasteiger partial charge on any atom is -0.296 e. The number of hydrogen-bond donors (Lipinski definition) is 1. The lowest BCUT2D eigenvalue weighted by Gasteiger charge is -2.26. The fourth-order valence-corrected chi connectivity index (χ4v) is 2.77. The number of hydrogen-bond acceptors (Lipinski definition) is 2. The second-order valence-corrected chi connectivity index (χ2v) is 5.92. The van der Waals surface area contributed by atoms with E-state index in [2.05, 4.69) is 25.4 Å². The van der Waals surface area contributed by atoms with Crippen molar-refractivity contribution in [2.75, 3.05) is 6.54 Å². The van der Waals surface area contributed by atoms with Crippen molar-refractivity contribution in [3.63, 3.8) is 0 Å². The first-order valence-corrected chi connectivity index (χ1v) is 7.00. The van der Waals surface area contributed by atoms with Crippen LogP contribution < -0.4 is 5.32 Å². The van der Waals surface area contributed by atoms with Crippen LogP contribution in [-0.2, 0) is 0 Å². The molecule has 2 aliphatic rings. The lowest BCUT2D eigenvalue weighted by molar-refractivity contribution is 0.328. The van der Waals surface area contributed by atoms with Crippen molar-refractivity contribution in [3.8, 4) is 0 Å². The van der Waals surface area contributed by atoms with E-state index < -0.39 is 0 Å². The lowest BCUT2D eigenvalue weighted by atomic mass is 9.84. The summed E-state index contributed by atoms with van der Waals surface area (Å²) in [7, 11) is 0. The SMILES string of the molecule is CC1CCC(C=NC2CCC(C)CN2)CC1. The summed E-state index contributed by atoms with van der Waals surface area (Å²) in [5.41, 5.74) is 0. The summed E-state index contributed by atoms with van der Waals surface area (Å²) >= 11 is 0. The third-order valence-corrected chi connectivity index (χ3v) is 4.17. The zero-order valence-electron chi connectivity index (χ0n) is 10.8. The van der Waals surface area contributed by atoms with Crippen LogP contribution in [0.3, 0.4) is 0 Å². The van der Waals surface area contributed by atoms with Gasteiger partial charge in [-0.2, -0.15) is 0 Å². The topological polar surface area (TPSA) is 24.4 Å². The number of piperidine rings is 1. The van der Waals surface area contributed by atoms with Crippen LogP contribution in [0.1, 0.15) is 52.4 Å². The molecule has 0 aromatic carbocycles. The number of nitrogens with zero attached hydrogens (tertiary/aromatic N) is 1. The second kappa shape index (κ2) is 5.81. The van der Waals surface area contributed by atoms with Crippen molar-refractivity contribution < 1.29 is 0 Å². The molecule has 0 spiro atoms. The molecule has 0 aromatic heterocycles. The highest BCUT2D eigenvalue weighted by molar-refractivity contribution is 5.61. The monoisotopic (exact) mass is 222 g/mol. The molecule has 1 saturated carbocycles.